The number of thioether (sulfide) groups is 1. The molecule has 0 saturated carbocycles. The minimum Gasteiger partial charge on any atom is -0.310 e. The van der Waals surface area contributed by atoms with Gasteiger partial charge in [0.25, 0.3) is 0 Å². The molecular weight excluding hydrogens is 327 g/mol. The number of benzene rings is 1. The molecule has 2 aromatic rings. The van der Waals surface area contributed by atoms with Crippen LogP contribution in [0.25, 0.3) is 0 Å². The van der Waals surface area contributed by atoms with Gasteiger partial charge in [0.05, 0.1) is 22.3 Å². The second kappa shape index (κ2) is 5.59. The first-order chi connectivity index (χ1) is 10.8. The summed E-state index contributed by atoms with van der Waals surface area (Å²) in [7, 11) is 1.70. The molecule has 1 amide bonds. The lowest BCUT2D eigenvalue weighted by atomic mass is 10.0. The maximum Gasteiger partial charge on any atom is 0.416 e. The van der Waals surface area contributed by atoms with Gasteiger partial charge in [0, 0.05) is 12.6 Å². The molecule has 0 aliphatic carbocycles. The summed E-state index contributed by atoms with van der Waals surface area (Å²) in [6.45, 7) is 1.79. The number of amides is 1. The zero-order valence-corrected chi connectivity index (χ0v) is 13.3. The van der Waals surface area contributed by atoms with E-state index >= 15 is 0 Å². The summed E-state index contributed by atoms with van der Waals surface area (Å²) in [5.74, 6) is 0.531. The molecule has 2 heterocycles. The maximum absolute atomic E-state index is 13.0. The first-order valence-corrected chi connectivity index (χ1v) is 7.94. The number of nitrogens with zero attached hydrogens (tertiary/aromatic N) is 2. The lowest BCUT2D eigenvalue weighted by molar-refractivity contribution is -0.137. The van der Waals surface area contributed by atoms with E-state index in [4.69, 9.17) is 0 Å². The van der Waals surface area contributed by atoms with Crippen LogP contribution in [-0.2, 0) is 18.0 Å². The number of aryl methyl sites for hydroxylation is 2. The Morgan fingerprint density at radius 1 is 1.39 bits per heavy atom. The monoisotopic (exact) mass is 341 g/mol. The third kappa shape index (κ3) is 2.95. The number of fused-ring (bicyclic) bond motifs is 1. The molecule has 8 heteroatoms. The Labute approximate surface area is 135 Å². The van der Waals surface area contributed by atoms with E-state index in [0.717, 1.165) is 17.7 Å². The van der Waals surface area contributed by atoms with Crippen molar-refractivity contribution in [3.05, 3.63) is 46.6 Å². The van der Waals surface area contributed by atoms with Crippen molar-refractivity contribution in [1.29, 1.82) is 0 Å². The fourth-order valence-electron chi connectivity index (χ4n) is 2.69. The highest BCUT2D eigenvalue weighted by Gasteiger charge is 2.33. The molecule has 1 aliphatic rings. The molecule has 122 valence electrons. The third-order valence-corrected chi connectivity index (χ3v) is 4.96. The van der Waals surface area contributed by atoms with E-state index in [1.54, 1.807) is 24.7 Å². The average molecular weight is 341 g/mol. The summed E-state index contributed by atoms with van der Waals surface area (Å²) in [6, 6.07) is 5.23. The Bertz CT molecular complexity index is 770. The van der Waals surface area contributed by atoms with Crippen LogP contribution in [0.5, 0.6) is 0 Å². The van der Waals surface area contributed by atoms with E-state index in [1.807, 2.05) is 0 Å². The second-order valence-electron chi connectivity index (χ2n) is 5.33. The van der Waals surface area contributed by atoms with Gasteiger partial charge in [-0.1, -0.05) is 18.2 Å². The van der Waals surface area contributed by atoms with Gasteiger partial charge in [-0.15, -0.1) is 11.8 Å². The Morgan fingerprint density at radius 3 is 2.83 bits per heavy atom. The Balaban J connectivity index is 2.12. The predicted molar refractivity (Wildman–Crippen MR) is 82.3 cm³/mol. The smallest absolute Gasteiger partial charge is 0.310 e. The molecule has 1 aliphatic heterocycles. The third-order valence-electron chi connectivity index (χ3n) is 3.69. The van der Waals surface area contributed by atoms with Gasteiger partial charge in [-0.3, -0.25) is 9.48 Å². The van der Waals surface area contributed by atoms with Crippen LogP contribution in [-0.4, -0.2) is 21.4 Å². The number of rotatable bonds is 1. The van der Waals surface area contributed by atoms with Gasteiger partial charge in [-0.05, 0) is 18.6 Å². The van der Waals surface area contributed by atoms with Crippen molar-refractivity contribution < 1.29 is 18.0 Å². The summed E-state index contributed by atoms with van der Waals surface area (Å²) in [6.07, 6.45) is -4.40. The van der Waals surface area contributed by atoms with E-state index in [0.29, 0.717) is 17.1 Å². The molecule has 4 nitrogen and oxygen atoms in total. The molecule has 1 N–H and O–H groups in total. The first kappa shape index (κ1) is 15.9. The van der Waals surface area contributed by atoms with Crippen molar-refractivity contribution in [2.45, 2.75) is 18.3 Å². The molecule has 1 unspecified atom stereocenters. The standard InChI is InChI=1S/C15H14F3N3OS/c1-8-12-13(9-4-3-5-10(6-9)15(16,17)18)23-7-11(22)19-14(12)21(2)20-8/h3-6,13H,7H2,1-2H3,(H,19,22). The molecule has 3 rings (SSSR count). The molecule has 1 aromatic heterocycles. The van der Waals surface area contributed by atoms with Crippen LogP contribution in [0.15, 0.2) is 24.3 Å². The van der Waals surface area contributed by atoms with Crippen LogP contribution in [0.1, 0.15) is 27.6 Å². The Kier molecular flexibility index (Phi) is 3.87. The zero-order valence-electron chi connectivity index (χ0n) is 12.4. The topological polar surface area (TPSA) is 46.9 Å². The quantitative estimate of drug-likeness (QED) is 0.863. The van der Waals surface area contributed by atoms with Crippen LogP contribution < -0.4 is 5.32 Å². The molecule has 1 atom stereocenters. The molecule has 0 spiro atoms. The van der Waals surface area contributed by atoms with Gasteiger partial charge in [0.15, 0.2) is 0 Å². The number of hydrogen-bond acceptors (Lipinski definition) is 3. The van der Waals surface area contributed by atoms with Gasteiger partial charge < -0.3 is 5.32 Å². The van der Waals surface area contributed by atoms with Crippen molar-refractivity contribution in [2.24, 2.45) is 7.05 Å². The van der Waals surface area contributed by atoms with Crippen LogP contribution in [0.2, 0.25) is 0 Å². The highest BCUT2D eigenvalue weighted by molar-refractivity contribution is 8.00. The number of hydrogen-bond donors (Lipinski definition) is 1. The second-order valence-corrected chi connectivity index (χ2v) is 6.43. The minimum absolute atomic E-state index is 0.176. The summed E-state index contributed by atoms with van der Waals surface area (Å²) in [5, 5.41) is 6.68. The highest BCUT2D eigenvalue weighted by atomic mass is 32.2. The summed E-state index contributed by atoms with van der Waals surface area (Å²) >= 11 is 1.30. The van der Waals surface area contributed by atoms with Gasteiger partial charge in [0.2, 0.25) is 5.91 Å². The Morgan fingerprint density at radius 2 is 2.13 bits per heavy atom. The van der Waals surface area contributed by atoms with Crippen LogP contribution in [0, 0.1) is 6.92 Å². The van der Waals surface area contributed by atoms with Crippen LogP contribution in [0.3, 0.4) is 0 Å². The Hall–Kier alpha value is -1.96. The van der Waals surface area contributed by atoms with E-state index in [-0.39, 0.29) is 16.9 Å². The van der Waals surface area contributed by atoms with Crippen LogP contribution >= 0.6 is 11.8 Å². The predicted octanol–water partition coefficient (Wildman–Crippen LogP) is 3.52. The largest absolute Gasteiger partial charge is 0.416 e. The van der Waals surface area contributed by atoms with E-state index in [9.17, 15) is 18.0 Å². The fourth-order valence-corrected chi connectivity index (χ4v) is 3.87. The van der Waals surface area contributed by atoms with Gasteiger partial charge in [-0.2, -0.15) is 18.3 Å². The molecule has 0 bridgehead atoms. The number of alkyl halides is 3. The van der Waals surface area contributed by atoms with Gasteiger partial charge in [0.1, 0.15) is 5.82 Å². The fraction of sp³-hybridized carbons (Fsp3) is 0.333. The number of nitrogens with one attached hydrogen (secondary N) is 1. The zero-order chi connectivity index (χ0) is 16.8. The first-order valence-electron chi connectivity index (χ1n) is 6.89. The van der Waals surface area contributed by atoms with Crippen molar-refractivity contribution in [2.75, 3.05) is 11.1 Å². The molecule has 0 saturated heterocycles. The molecule has 1 aromatic carbocycles. The van der Waals surface area contributed by atoms with Crippen molar-refractivity contribution in [3.63, 3.8) is 0 Å². The summed E-state index contributed by atoms with van der Waals surface area (Å²) in [4.78, 5) is 11.9. The number of halogens is 3. The summed E-state index contributed by atoms with van der Waals surface area (Å²) < 4.78 is 40.5. The maximum atomic E-state index is 13.0. The van der Waals surface area contributed by atoms with E-state index < -0.39 is 11.7 Å². The number of anilines is 1. The minimum atomic E-state index is -4.40. The van der Waals surface area contributed by atoms with E-state index in [1.165, 1.54) is 17.8 Å². The van der Waals surface area contributed by atoms with Crippen molar-refractivity contribution in [1.82, 2.24) is 9.78 Å². The molecule has 0 radical (unpaired) electrons. The van der Waals surface area contributed by atoms with Crippen molar-refractivity contribution in [3.8, 4) is 0 Å². The lowest BCUT2D eigenvalue weighted by Gasteiger charge is -2.17. The molecule has 23 heavy (non-hydrogen) atoms. The van der Waals surface area contributed by atoms with Crippen LogP contribution in [0.4, 0.5) is 19.0 Å². The number of aromatic nitrogens is 2. The number of carbonyl (C=O) groups excluding carboxylic acids is 1. The van der Waals surface area contributed by atoms with E-state index in [2.05, 4.69) is 10.4 Å². The highest BCUT2D eigenvalue weighted by Crippen LogP contribution is 2.44. The average Bonchev–Trinajstić information content (AvgIpc) is 2.66. The van der Waals surface area contributed by atoms with Gasteiger partial charge in [-0.25, -0.2) is 0 Å². The van der Waals surface area contributed by atoms with Gasteiger partial charge >= 0.3 is 6.18 Å². The molecule has 0 fully saturated rings. The van der Waals surface area contributed by atoms with Crippen molar-refractivity contribution >= 4 is 23.5 Å². The summed E-state index contributed by atoms with van der Waals surface area (Å²) in [5.41, 5.74) is 1.27. The normalized spacial score (nSPS) is 18.3. The lowest BCUT2D eigenvalue weighted by Crippen LogP contribution is -2.15. The molecular formula is C15H14F3N3OS. The number of carbonyl (C=O) groups is 1. The SMILES string of the molecule is Cc1nn(C)c2c1C(c1cccc(C(F)(F)F)c1)SCC(=O)N2.